The standard InChI is InChI=1S/C20H26N2/c1-16-9-8-12-18(16)15-20(17-10-4-2-5-11-17)22-21-19-13-6-3-7-14-19/h2,4-5,8-11,20,22H,3,6-7,12-15H2,1H3. The lowest BCUT2D eigenvalue weighted by Crippen LogP contribution is -2.19. The second kappa shape index (κ2) is 7.44. The lowest BCUT2D eigenvalue weighted by molar-refractivity contribution is 0.540. The van der Waals surface area contributed by atoms with Gasteiger partial charge in [-0.25, -0.2) is 0 Å². The smallest absolute Gasteiger partial charge is 0.0726 e. The Morgan fingerprint density at radius 3 is 2.55 bits per heavy atom. The van der Waals surface area contributed by atoms with E-state index in [1.165, 1.54) is 41.7 Å². The molecule has 0 radical (unpaired) electrons. The van der Waals surface area contributed by atoms with Crippen LogP contribution in [0.4, 0.5) is 0 Å². The van der Waals surface area contributed by atoms with Crippen LogP contribution in [0.3, 0.4) is 0 Å². The minimum absolute atomic E-state index is 0.278. The summed E-state index contributed by atoms with van der Waals surface area (Å²) in [5.74, 6) is 0. The number of allylic oxidation sites excluding steroid dienone is 3. The Morgan fingerprint density at radius 2 is 1.86 bits per heavy atom. The van der Waals surface area contributed by atoms with Gasteiger partial charge in [0.25, 0.3) is 0 Å². The highest BCUT2D eigenvalue weighted by Gasteiger charge is 2.16. The topological polar surface area (TPSA) is 24.4 Å². The number of nitrogens with one attached hydrogen (secondary N) is 1. The van der Waals surface area contributed by atoms with Crippen molar-refractivity contribution in [1.82, 2.24) is 5.43 Å². The Balaban J connectivity index is 1.73. The largest absolute Gasteiger partial charge is 0.302 e. The molecular formula is C20H26N2. The lowest BCUT2D eigenvalue weighted by atomic mass is 9.97. The molecule has 2 aliphatic carbocycles. The molecule has 0 saturated heterocycles. The van der Waals surface area contributed by atoms with Crippen molar-refractivity contribution in [2.24, 2.45) is 5.10 Å². The number of nitrogens with zero attached hydrogens (tertiary/aromatic N) is 1. The maximum Gasteiger partial charge on any atom is 0.0726 e. The molecule has 0 bridgehead atoms. The normalized spacial score (nSPS) is 19.4. The van der Waals surface area contributed by atoms with Crippen LogP contribution in [0.2, 0.25) is 0 Å². The van der Waals surface area contributed by atoms with Crippen LogP contribution >= 0.6 is 0 Å². The summed E-state index contributed by atoms with van der Waals surface area (Å²) in [4.78, 5) is 0. The summed E-state index contributed by atoms with van der Waals surface area (Å²) in [5.41, 5.74) is 9.11. The Hall–Kier alpha value is -1.83. The molecule has 0 amide bonds. The predicted octanol–water partition coefficient (Wildman–Crippen LogP) is 5.30. The highest BCUT2D eigenvalue weighted by Crippen LogP contribution is 2.29. The third kappa shape index (κ3) is 3.88. The lowest BCUT2D eigenvalue weighted by Gasteiger charge is -2.20. The number of rotatable bonds is 5. The first-order valence-electron chi connectivity index (χ1n) is 8.54. The molecule has 1 aromatic carbocycles. The molecule has 0 heterocycles. The van der Waals surface area contributed by atoms with Crippen LogP contribution < -0.4 is 5.43 Å². The van der Waals surface area contributed by atoms with Crippen LogP contribution in [0.25, 0.3) is 0 Å². The van der Waals surface area contributed by atoms with Gasteiger partial charge in [0.05, 0.1) is 6.04 Å². The van der Waals surface area contributed by atoms with Crippen LogP contribution in [0.15, 0.2) is 58.7 Å². The summed E-state index contributed by atoms with van der Waals surface area (Å²) >= 11 is 0. The van der Waals surface area contributed by atoms with E-state index in [0.717, 1.165) is 25.7 Å². The Bertz CT molecular complexity index is 573. The van der Waals surface area contributed by atoms with E-state index in [1.807, 2.05) is 0 Å². The molecule has 116 valence electrons. The minimum Gasteiger partial charge on any atom is -0.302 e. The van der Waals surface area contributed by atoms with E-state index in [1.54, 1.807) is 0 Å². The quantitative estimate of drug-likeness (QED) is 0.732. The van der Waals surface area contributed by atoms with Gasteiger partial charge in [0, 0.05) is 5.71 Å². The van der Waals surface area contributed by atoms with Gasteiger partial charge in [0.1, 0.15) is 0 Å². The second-order valence-electron chi connectivity index (χ2n) is 6.43. The SMILES string of the molecule is CC1=C(CC(NN=C2CCCCC2)c2ccccc2)CC=C1. The summed E-state index contributed by atoms with van der Waals surface area (Å²) in [6.45, 7) is 2.22. The average molecular weight is 294 g/mol. The highest BCUT2D eigenvalue weighted by atomic mass is 15.3. The zero-order valence-electron chi connectivity index (χ0n) is 13.5. The van der Waals surface area contributed by atoms with Crippen LogP contribution in [0.5, 0.6) is 0 Å². The molecule has 1 N–H and O–H groups in total. The van der Waals surface area contributed by atoms with E-state index in [9.17, 15) is 0 Å². The third-order valence-corrected chi connectivity index (χ3v) is 4.75. The van der Waals surface area contributed by atoms with Crippen molar-refractivity contribution in [3.8, 4) is 0 Å². The molecule has 2 nitrogen and oxygen atoms in total. The molecule has 0 spiro atoms. The van der Waals surface area contributed by atoms with Gasteiger partial charge in [-0.05, 0) is 51.0 Å². The van der Waals surface area contributed by atoms with Crippen LogP contribution in [-0.2, 0) is 0 Å². The first kappa shape index (κ1) is 15.1. The molecule has 0 aromatic heterocycles. The van der Waals surface area contributed by atoms with Gasteiger partial charge in [-0.1, -0.05) is 60.1 Å². The molecule has 1 fully saturated rings. The predicted molar refractivity (Wildman–Crippen MR) is 93.9 cm³/mol. The van der Waals surface area contributed by atoms with Crippen molar-refractivity contribution in [3.05, 3.63) is 59.2 Å². The van der Waals surface area contributed by atoms with E-state index in [4.69, 9.17) is 5.10 Å². The summed E-state index contributed by atoms with van der Waals surface area (Å²) in [6.07, 6.45) is 12.9. The van der Waals surface area contributed by atoms with Crippen molar-refractivity contribution in [2.75, 3.05) is 0 Å². The Labute approximate surface area is 134 Å². The van der Waals surface area contributed by atoms with E-state index < -0.39 is 0 Å². The van der Waals surface area contributed by atoms with E-state index in [-0.39, 0.29) is 6.04 Å². The van der Waals surface area contributed by atoms with Gasteiger partial charge in [-0.2, -0.15) is 5.10 Å². The fraction of sp³-hybridized carbons (Fsp3) is 0.450. The van der Waals surface area contributed by atoms with E-state index >= 15 is 0 Å². The second-order valence-corrected chi connectivity index (χ2v) is 6.43. The summed E-state index contributed by atoms with van der Waals surface area (Å²) < 4.78 is 0. The first-order valence-corrected chi connectivity index (χ1v) is 8.54. The molecule has 2 heteroatoms. The first-order chi connectivity index (χ1) is 10.8. The van der Waals surface area contributed by atoms with Crippen molar-refractivity contribution in [3.63, 3.8) is 0 Å². The van der Waals surface area contributed by atoms with E-state index in [2.05, 4.69) is 54.8 Å². The summed E-state index contributed by atoms with van der Waals surface area (Å²) in [6, 6.07) is 11.0. The fourth-order valence-electron chi connectivity index (χ4n) is 3.31. The van der Waals surface area contributed by atoms with Crippen molar-refractivity contribution in [2.45, 2.75) is 57.9 Å². The van der Waals surface area contributed by atoms with Crippen LogP contribution in [-0.4, -0.2) is 5.71 Å². The van der Waals surface area contributed by atoms with Crippen LogP contribution in [0.1, 0.15) is 63.5 Å². The Morgan fingerprint density at radius 1 is 1.09 bits per heavy atom. The van der Waals surface area contributed by atoms with Gasteiger partial charge in [-0.3, -0.25) is 0 Å². The number of hydrazone groups is 1. The summed E-state index contributed by atoms with van der Waals surface area (Å²) in [5, 5.41) is 4.75. The number of benzene rings is 1. The van der Waals surface area contributed by atoms with E-state index in [0.29, 0.717) is 0 Å². The highest BCUT2D eigenvalue weighted by molar-refractivity contribution is 5.84. The van der Waals surface area contributed by atoms with Gasteiger partial charge in [0.2, 0.25) is 0 Å². The van der Waals surface area contributed by atoms with Crippen molar-refractivity contribution >= 4 is 5.71 Å². The van der Waals surface area contributed by atoms with Crippen LogP contribution in [0, 0.1) is 0 Å². The molecule has 1 unspecified atom stereocenters. The van der Waals surface area contributed by atoms with Gasteiger partial charge in [0.15, 0.2) is 0 Å². The molecular weight excluding hydrogens is 268 g/mol. The van der Waals surface area contributed by atoms with Gasteiger partial charge >= 0.3 is 0 Å². The molecule has 22 heavy (non-hydrogen) atoms. The maximum absolute atomic E-state index is 4.75. The molecule has 1 aromatic rings. The Kier molecular flexibility index (Phi) is 5.10. The van der Waals surface area contributed by atoms with Crippen molar-refractivity contribution < 1.29 is 0 Å². The molecule has 3 rings (SSSR count). The minimum atomic E-state index is 0.278. The number of hydrogen-bond acceptors (Lipinski definition) is 2. The zero-order valence-corrected chi connectivity index (χ0v) is 13.5. The van der Waals surface area contributed by atoms with Gasteiger partial charge in [-0.15, -0.1) is 0 Å². The third-order valence-electron chi connectivity index (χ3n) is 4.75. The number of hydrogen-bond donors (Lipinski definition) is 1. The average Bonchev–Trinajstić information content (AvgIpc) is 2.98. The monoisotopic (exact) mass is 294 g/mol. The fourth-order valence-corrected chi connectivity index (χ4v) is 3.31. The van der Waals surface area contributed by atoms with Crippen molar-refractivity contribution in [1.29, 1.82) is 0 Å². The zero-order chi connectivity index (χ0) is 15.2. The molecule has 2 aliphatic rings. The molecule has 1 saturated carbocycles. The van der Waals surface area contributed by atoms with Gasteiger partial charge < -0.3 is 5.43 Å². The molecule has 1 atom stereocenters. The summed E-state index contributed by atoms with van der Waals surface area (Å²) in [7, 11) is 0. The maximum atomic E-state index is 4.75. The molecule has 0 aliphatic heterocycles.